The van der Waals surface area contributed by atoms with Crippen molar-refractivity contribution in [2.45, 2.75) is 13.0 Å². The summed E-state index contributed by atoms with van der Waals surface area (Å²) < 4.78 is 7.50. The fourth-order valence-corrected chi connectivity index (χ4v) is 1.79. The van der Waals surface area contributed by atoms with Crippen molar-refractivity contribution in [2.75, 3.05) is 0 Å². The lowest BCUT2D eigenvalue weighted by atomic mass is 10.3. The molecule has 0 saturated carbocycles. The highest BCUT2D eigenvalue weighted by atomic mass is 79.9. The molecular weight excluding hydrogens is 320 g/mol. The van der Waals surface area contributed by atoms with Crippen LogP contribution in [0, 0.1) is 0 Å². The number of aromatic nitrogens is 2. The Morgan fingerprint density at radius 3 is 2.67 bits per heavy atom. The van der Waals surface area contributed by atoms with Gasteiger partial charge in [0.2, 0.25) is 0 Å². The first-order chi connectivity index (χ1) is 8.56. The van der Waals surface area contributed by atoms with E-state index in [1.807, 2.05) is 0 Å². The van der Waals surface area contributed by atoms with Crippen LogP contribution in [0.3, 0.4) is 0 Å². The topological polar surface area (TPSA) is 44.1 Å². The summed E-state index contributed by atoms with van der Waals surface area (Å²) in [6.45, 7) is 1.67. The summed E-state index contributed by atoms with van der Waals surface area (Å²) in [5.74, 6) is 0.349. The van der Waals surface area contributed by atoms with Gasteiger partial charge in [-0.15, -0.1) is 0 Å². The number of ether oxygens (including phenoxy) is 1. The highest BCUT2D eigenvalue weighted by Gasteiger charge is 2.17. The molecule has 4 nitrogen and oxygen atoms in total. The van der Waals surface area contributed by atoms with E-state index in [1.54, 1.807) is 43.6 Å². The largest absolute Gasteiger partial charge is 0.481 e. The van der Waals surface area contributed by atoms with Crippen LogP contribution in [0.1, 0.15) is 11.7 Å². The first-order valence-electron chi connectivity index (χ1n) is 5.23. The summed E-state index contributed by atoms with van der Waals surface area (Å²) >= 11 is 9.00. The summed E-state index contributed by atoms with van der Waals surface area (Å²) in [4.78, 5) is 12.0. The number of hydrogen-bond acceptors (Lipinski definition) is 3. The molecule has 0 saturated heterocycles. The summed E-state index contributed by atoms with van der Waals surface area (Å²) in [7, 11) is 0. The van der Waals surface area contributed by atoms with E-state index in [-0.39, 0.29) is 5.91 Å². The molecule has 2 rings (SSSR count). The lowest BCUT2D eigenvalue weighted by Gasteiger charge is -2.13. The average molecular weight is 330 g/mol. The minimum Gasteiger partial charge on any atom is -0.481 e. The van der Waals surface area contributed by atoms with Gasteiger partial charge in [-0.3, -0.25) is 4.79 Å². The van der Waals surface area contributed by atoms with Crippen molar-refractivity contribution in [1.29, 1.82) is 0 Å². The Morgan fingerprint density at radius 1 is 1.44 bits per heavy atom. The number of carbonyl (C=O) groups excluding carboxylic acids is 1. The van der Waals surface area contributed by atoms with Crippen molar-refractivity contribution < 1.29 is 9.53 Å². The van der Waals surface area contributed by atoms with Gasteiger partial charge in [0.1, 0.15) is 5.75 Å². The molecule has 1 aromatic carbocycles. The molecule has 18 heavy (non-hydrogen) atoms. The normalized spacial score (nSPS) is 12.2. The quantitative estimate of drug-likeness (QED) is 0.867. The zero-order valence-electron chi connectivity index (χ0n) is 9.51. The molecule has 1 heterocycles. The molecule has 0 fully saturated rings. The number of hydrogen-bond donors (Lipinski definition) is 0. The van der Waals surface area contributed by atoms with Crippen LogP contribution in [0.2, 0.25) is 5.02 Å². The molecule has 0 aliphatic rings. The van der Waals surface area contributed by atoms with Gasteiger partial charge in [0.05, 0.1) is 10.7 Å². The molecule has 6 heteroatoms. The van der Waals surface area contributed by atoms with Crippen LogP contribution >= 0.6 is 27.5 Å². The third kappa shape index (κ3) is 3.11. The van der Waals surface area contributed by atoms with Gasteiger partial charge in [-0.1, -0.05) is 11.6 Å². The van der Waals surface area contributed by atoms with Crippen LogP contribution in [0.5, 0.6) is 5.75 Å². The van der Waals surface area contributed by atoms with E-state index in [2.05, 4.69) is 21.0 Å². The van der Waals surface area contributed by atoms with E-state index in [0.717, 1.165) is 4.47 Å². The van der Waals surface area contributed by atoms with Crippen LogP contribution in [-0.4, -0.2) is 21.8 Å². The molecule has 0 N–H and O–H groups in total. The standard InChI is InChI=1S/C12H10BrClN2O2/c1-8(12(17)16-7-9(13)6-15-16)18-11-4-2-10(14)3-5-11/h2-8H,1H3. The number of rotatable bonds is 3. The number of carbonyl (C=O) groups is 1. The van der Waals surface area contributed by atoms with E-state index in [1.165, 1.54) is 4.68 Å². The Kier molecular flexibility index (Phi) is 4.04. The molecule has 0 radical (unpaired) electrons. The molecule has 0 aliphatic heterocycles. The molecule has 0 amide bonds. The van der Waals surface area contributed by atoms with Gasteiger partial charge >= 0.3 is 0 Å². The summed E-state index contributed by atoms with van der Waals surface area (Å²) in [5, 5.41) is 4.53. The van der Waals surface area contributed by atoms with Crippen molar-refractivity contribution in [3.63, 3.8) is 0 Å². The van der Waals surface area contributed by atoms with Gasteiger partial charge in [-0.05, 0) is 47.1 Å². The zero-order chi connectivity index (χ0) is 13.1. The molecule has 1 atom stereocenters. The number of nitrogens with zero attached hydrogens (tertiary/aromatic N) is 2. The Labute approximate surface area is 118 Å². The lowest BCUT2D eigenvalue weighted by Crippen LogP contribution is -2.29. The molecule has 2 aromatic rings. The highest BCUT2D eigenvalue weighted by Crippen LogP contribution is 2.17. The smallest absolute Gasteiger partial charge is 0.287 e. The fourth-order valence-electron chi connectivity index (χ4n) is 1.38. The van der Waals surface area contributed by atoms with Crippen LogP contribution in [-0.2, 0) is 0 Å². The maximum atomic E-state index is 12.0. The van der Waals surface area contributed by atoms with Gasteiger partial charge in [0.15, 0.2) is 6.10 Å². The minimum atomic E-state index is -0.627. The second kappa shape index (κ2) is 5.54. The molecule has 0 bridgehead atoms. The van der Waals surface area contributed by atoms with E-state index in [0.29, 0.717) is 10.8 Å². The molecule has 1 aromatic heterocycles. The van der Waals surface area contributed by atoms with Crippen LogP contribution in [0.15, 0.2) is 41.1 Å². The predicted molar refractivity (Wildman–Crippen MR) is 72.1 cm³/mol. The van der Waals surface area contributed by atoms with E-state index in [9.17, 15) is 4.79 Å². The fraction of sp³-hybridized carbons (Fsp3) is 0.167. The van der Waals surface area contributed by atoms with E-state index in [4.69, 9.17) is 16.3 Å². The molecule has 94 valence electrons. The van der Waals surface area contributed by atoms with Gasteiger partial charge in [-0.2, -0.15) is 5.10 Å². The average Bonchev–Trinajstić information content (AvgIpc) is 2.78. The summed E-state index contributed by atoms with van der Waals surface area (Å²) in [5.41, 5.74) is 0. The van der Waals surface area contributed by atoms with Crippen molar-refractivity contribution in [3.8, 4) is 5.75 Å². The Bertz CT molecular complexity index is 553. The second-order valence-electron chi connectivity index (χ2n) is 3.66. The second-order valence-corrected chi connectivity index (χ2v) is 5.01. The van der Waals surface area contributed by atoms with E-state index < -0.39 is 6.10 Å². The minimum absolute atomic E-state index is 0.240. The molecular formula is C12H10BrClN2O2. The molecule has 1 unspecified atom stereocenters. The monoisotopic (exact) mass is 328 g/mol. The first-order valence-corrected chi connectivity index (χ1v) is 6.40. The van der Waals surface area contributed by atoms with Gasteiger partial charge < -0.3 is 4.74 Å². The highest BCUT2D eigenvalue weighted by molar-refractivity contribution is 9.10. The van der Waals surface area contributed by atoms with Crippen molar-refractivity contribution in [1.82, 2.24) is 9.78 Å². The Morgan fingerprint density at radius 2 is 2.11 bits per heavy atom. The van der Waals surface area contributed by atoms with Crippen molar-refractivity contribution in [3.05, 3.63) is 46.2 Å². The summed E-state index contributed by atoms with van der Waals surface area (Å²) in [6.07, 6.45) is 2.51. The number of halogens is 2. The third-order valence-electron chi connectivity index (χ3n) is 2.25. The first kappa shape index (κ1) is 13.1. The molecule has 0 aliphatic carbocycles. The van der Waals surface area contributed by atoms with Gasteiger partial charge in [-0.25, -0.2) is 4.68 Å². The Balaban J connectivity index is 2.05. The van der Waals surface area contributed by atoms with Crippen LogP contribution in [0.25, 0.3) is 0 Å². The van der Waals surface area contributed by atoms with E-state index >= 15 is 0 Å². The Hall–Kier alpha value is -1.33. The number of benzene rings is 1. The van der Waals surface area contributed by atoms with Crippen LogP contribution in [0.4, 0.5) is 0 Å². The SMILES string of the molecule is CC(Oc1ccc(Cl)cc1)C(=O)n1cc(Br)cn1. The summed E-state index contributed by atoms with van der Waals surface area (Å²) in [6, 6.07) is 6.84. The maximum absolute atomic E-state index is 12.0. The maximum Gasteiger partial charge on any atom is 0.287 e. The van der Waals surface area contributed by atoms with Crippen LogP contribution < -0.4 is 4.74 Å². The third-order valence-corrected chi connectivity index (χ3v) is 2.91. The predicted octanol–water partition coefficient (Wildman–Crippen LogP) is 3.41. The van der Waals surface area contributed by atoms with Crippen molar-refractivity contribution >= 4 is 33.4 Å². The molecule has 0 spiro atoms. The lowest BCUT2D eigenvalue weighted by molar-refractivity contribution is 0.0710. The van der Waals surface area contributed by atoms with Gasteiger partial charge in [0.25, 0.3) is 5.91 Å². The zero-order valence-corrected chi connectivity index (χ0v) is 11.9. The van der Waals surface area contributed by atoms with Gasteiger partial charge in [0, 0.05) is 11.2 Å². The van der Waals surface area contributed by atoms with Crippen molar-refractivity contribution in [2.24, 2.45) is 0 Å².